The summed E-state index contributed by atoms with van der Waals surface area (Å²) in [6.45, 7) is 3.24. The Kier molecular flexibility index (Phi) is 8.00. The van der Waals surface area contributed by atoms with Crippen molar-refractivity contribution in [2.75, 3.05) is 0 Å². The molecule has 150 valence electrons. The Morgan fingerprint density at radius 2 is 1.52 bits per heavy atom. The molecule has 0 saturated carbocycles. The van der Waals surface area contributed by atoms with Crippen LogP contribution in [-0.2, 0) is 12.4 Å². The van der Waals surface area contributed by atoms with E-state index in [9.17, 15) is 26.3 Å². The zero-order chi connectivity index (χ0) is 21.0. The Hall–Kier alpha value is -1.45. The number of hydrogen-bond donors (Lipinski definition) is 0. The molecular formula is C15H11Cl3F6N2O. The van der Waals surface area contributed by atoms with Gasteiger partial charge in [0.05, 0.1) is 6.10 Å². The molecule has 27 heavy (non-hydrogen) atoms. The lowest BCUT2D eigenvalue weighted by atomic mass is 10.3. The summed E-state index contributed by atoms with van der Waals surface area (Å²) in [5, 5.41) is -1.43. The molecule has 0 aromatic carbocycles. The van der Waals surface area contributed by atoms with E-state index in [4.69, 9.17) is 39.5 Å². The first-order valence-electron chi connectivity index (χ1n) is 7.01. The normalized spacial score (nSPS) is 11.9. The number of hydrogen-bond acceptors (Lipinski definition) is 3. The third kappa shape index (κ3) is 6.90. The van der Waals surface area contributed by atoms with Gasteiger partial charge in [-0.2, -0.15) is 26.3 Å². The second-order valence-electron chi connectivity index (χ2n) is 5.09. The van der Waals surface area contributed by atoms with E-state index >= 15 is 0 Å². The monoisotopic (exact) mass is 454 g/mol. The minimum atomic E-state index is -4.72. The molecule has 0 radical (unpaired) electrons. The largest absolute Gasteiger partial charge is 0.488 e. The van der Waals surface area contributed by atoms with E-state index in [0.29, 0.717) is 0 Å². The lowest BCUT2D eigenvalue weighted by Gasteiger charge is -2.16. The minimum Gasteiger partial charge on any atom is -0.488 e. The first-order valence-corrected chi connectivity index (χ1v) is 8.15. The van der Waals surface area contributed by atoms with Crippen molar-refractivity contribution in [1.29, 1.82) is 0 Å². The molecule has 0 fully saturated rings. The van der Waals surface area contributed by atoms with Gasteiger partial charge in [0.15, 0.2) is 16.6 Å². The van der Waals surface area contributed by atoms with E-state index in [0.717, 1.165) is 12.3 Å². The average Bonchev–Trinajstić information content (AvgIpc) is 2.54. The highest BCUT2D eigenvalue weighted by Crippen LogP contribution is 2.44. The van der Waals surface area contributed by atoms with Crippen molar-refractivity contribution in [2.24, 2.45) is 0 Å². The van der Waals surface area contributed by atoms with Crippen molar-refractivity contribution in [1.82, 2.24) is 9.97 Å². The topological polar surface area (TPSA) is 35.0 Å². The van der Waals surface area contributed by atoms with Crippen LogP contribution in [0.2, 0.25) is 15.2 Å². The van der Waals surface area contributed by atoms with Crippen LogP contribution < -0.4 is 4.74 Å². The first-order chi connectivity index (χ1) is 12.2. The van der Waals surface area contributed by atoms with Crippen molar-refractivity contribution >= 4 is 34.8 Å². The van der Waals surface area contributed by atoms with E-state index in [1.165, 1.54) is 12.1 Å². The summed E-state index contributed by atoms with van der Waals surface area (Å²) < 4.78 is 78.0. The predicted octanol–water partition coefficient (Wildman–Crippen LogP) is 6.95. The van der Waals surface area contributed by atoms with Crippen LogP contribution >= 0.6 is 34.8 Å². The molecule has 0 saturated heterocycles. The summed E-state index contributed by atoms with van der Waals surface area (Å²) >= 11 is 16.8. The minimum absolute atomic E-state index is 0.238. The van der Waals surface area contributed by atoms with Gasteiger partial charge in [-0.1, -0.05) is 40.9 Å². The number of ether oxygens (including phenoxy) is 1. The van der Waals surface area contributed by atoms with Gasteiger partial charge >= 0.3 is 12.4 Å². The molecular weight excluding hydrogens is 445 g/mol. The number of aromatic nitrogens is 2. The number of halogens is 9. The van der Waals surface area contributed by atoms with Crippen LogP contribution in [0.25, 0.3) is 0 Å². The van der Waals surface area contributed by atoms with Crippen LogP contribution in [0.5, 0.6) is 5.75 Å². The number of pyridine rings is 2. The fourth-order valence-electron chi connectivity index (χ4n) is 1.55. The summed E-state index contributed by atoms with van der Waals surface area (Å²) in [7, 11) is 0. The molecule has 0 spiro atoms. The molecule has 0 N–H and O–H groups in total. The molecule has 2 aromatic heterocycles. The molecule has 3 nitrogen and oxygen atoms in total. The molecule has 0 amide bonds. The Bertz CT molecular complexity index is 767. The fraction of sp³-hybridized carbons (Fsp3) is 0.333. The number of alkyl halides is 6. The van der Waals surface area contributed by atoms with E-state index in [2.05, 4.69) is 9.97 Å². The highest BCUT2D eigenvalue weighted by atomic mass is 35.5. The van der Waals surface area contributed by atoms with Gasteiger partial charge in [-0.3, -0.25) is 4.98 Å². The quantitative estimate of drug-likeness (QED) is 0.363. The number of nitrogens with zero attached hydrogens (tertiary/aromatic N) is 2. The molecule has 0 bridgehead atoms. The van der Waals surface area contributed by atoms with Crippen LogP contribution in [0.3, 0.4) is 0 Å². The fourth-order valence-corrected chi connectivity index (χ4v) is 2.24. The van der Waals surface area contributed by atoms with E-state index < -0.39 is 40.0 Å². The van der Waals surface area contributed by atoms with Crippen molar-refractivity contribution in [3.8, 4) is 5.75 Å². The average molecular weight is 456 g/mol. The highest BCUT2D eigenvalue weighted by molar-refractivity contribution is 6.44. The zero-order valence-corrected chi connectivity index (χ0v) is 15.9. The molecule has 0 aliphatic carbocycles. The summed E-state index contributed by atoms with van der Waals surface area (Å²) in [5.74, 6) is -0.310. The summed E-state index contributed by atoms with van der Waals surface area (Å²) in [6.07, 6.45) is -8.32. The van der Waals surface area contributed by atoms with Gasteiger partial charge in [0.2, 0.25) is 0 Å². The third-order valence-electron chi connectivity index (χ3n) is 2.58. The Morgan fingerprint density at radius 3 is 1.89 bits per heavy atom. The van der Waals surface area contributed by atoms with Crippen LogP contribution in [0.15, 0.2) is 24.4 Å². The maximum atomic E-state index is 12.6. The van der Waals surface area contributed by atoms with E-state index in [1.807, 2.05) is 0 Å². The second kappa shape index (κ2) is 9.16. The third-order valence-corrected chi connectivity index (χ3v) is 3.65. The van der Waals surface area contributed by atoms with Gasteiger partial charge in [0.1, 0.15) is 15.7 Å². The van der Waals surface area contributed by atoms with Crippen LogP contribution in [0.4, 0.5) is 26.3 Å². The van der Waals surface area contributed by atoms with Gasteiger partial charge in [-0.05, 0) is 26.0 Å². The van der Waals surface area contributed by atoms with Crippen molar-refractivity contribution in [3.63, 3.8) is 0 Å². The first kappa shape index (κ1) is 23.6. The van der Waals surface area contributed by atoms with Gasteiger partial charge in [0, 0.05) is 6.20 Å². The number of rotatable bonds is 2. The molecule has 2 aromatic rings. The Morgan fingerprint density at radius 1 is 0.926 bits per heavy atom. The van der Waals surface area contributed by atoms with Gasteiger partial charge < -0.3 is 4.74 Å². The molecule has 0 aliphatic rings. The highest BCUT2D eigenvalue weighted by Gasteiger charge is 2.38. The predicted molar refractivity (Wildman–Crippen MR) is 89.3 cm³/mol. The van der Waals surface area contributed by atoms with Crippen molar-refractivity contribution in [3.05, 3.63) is 51.0 Å². The lowest BCUT2D eigenvalue weighted by Crippen LogP contribution is -2.13. The van der Waals surface area contributed by atoms with E-state index in [1.54, 1.807) is 13.8 Å². The smallest absolute Gasteiger partial charge is 0.435 e. The Balaban J connectivity index is 0.000000309. The van der Waals surface area contributed by atoms with Crippen molar-refractivity contribution < 1.29 is 31.1 Å². The van der Waals surface area contributed by atoms with Gasteiger partial charge in [-0.15, -0.1) is 0 Å². The molecule has 0 aliphatic heterocycles. The van der Waals surface area contributed by atoms with Crippen molar-refractivity contribution in [2.45, 2.75) is 32.3 Å². The molecule has 2 rings (SSSR count). The Labute approximate surface area is 165 Å². The van der Waals surface area contributed by atoms with Crippen LogP contribution in [-0.4, -0.2) is 16.1 Å². The standard InChI is InChI=1S/C9H7Cl3F3NO.C6H4F3N/c1-3(2)17-6-4(10)7(9(13,14)15)16-8(12)5(6)11;7-6(8,9)5-3-1-2-4-10-5/h3H,1-2H3;1-4H. The maximum absolute atomic E-state index is 12.6. The molecule has 2 heterocycles. The summed E-state index contributed by atoms with van der Waals surface area (Å²) in [6, 6.07) is 3.67. The summed E-state index contributed by atoms with van der Waals surface area (Å²) in [4.78, 5) is 6.23. The van der Waals surface area contributed by atoms with Gasteiger partial charge in [-0.25, -0.2) is 4.98 Å². The zero-order valence-electron chi connectivity index (χ0n) is 13.6. The molecule has 12 heteroatoms. The molecule has 0 unspecified atom stereocenters. The lowest BCUT2D eigenvalue weighted by molar-refractivity contribution is -0.142. The van der Waals surface area contributed by atoms with Gasteiger partial charge in [0.25, 0.3) is 0 Å². The van der Waals surface area contributed by atoms with E-state index in [-0.39, 0.29) is 10.8 Å². The van der Waals surface area contributed by atoms with Crippen LogP contribution in [0, 0.1) is 0 Å². The SMILES string of the molecule is CC(C)Oc1c(Cl)c(Cl)nc(C(F)(F)F)c1Cl.FC(F)(F)c1ccccn1. The maximum Gasteiger partial charge on any atom is 0.435 e. The van der Waals surface area contributed by atoms with Crippen LogP contribution in [0.1, 0.15) is 25.2 Å². The second-order valence-corrected chi connectivity index (χ2v) is 6.20. The summed E-state index contributed by atoms with van der Waals surface area (Å²) in [5.41, 5.74) is -2.17. The molecule has 0 atom stereocenters.